The van der Waals surface area contributed by atoms with Crippen molar-refractivity contribution >= 4 is 5.78 Å². The zero-order valence-corrected chi connectivity index (χ0v) is 17.6. The predicted molar refractivity (Wildman–Crippen MR) is 112 cm³/mol. The van der Waals surface area contributed by atoms with Gasteiger partial charge in [0.25, 0.3) is 0 Å². The molecule has 1 atom stereocenters. The van der Waals surface area contributed by atoms with Crippen molar-refractivity contribution in [2.45, 2.75) is 52.0 Å². The van der Waals surface area contributed by atoms with Crippen molar-refractivity contribution in [1.29, 1.82) is 5.26 Å². The Morgan fingerprint density at radius 3 is 2.80 bits per heavy atom. The average Bonchev–Trinajstić information content (AvgIpc) is 3.18. The summed E-state index contributed by atoms with van der Waals surface area (Å²) in [6, 6.07) is 11.7. The fourth-order valence-electron chi connectivity index (χ4n) is 4.27. The molecule has 30 heavy (non-hydrogen) atoms. The van der Waals surface area contributed by atoms with E-state index in [0.29, 0.717) is 11.4 Å². The van der Waals surface area contributed by atoms with Gasteiger partial charge >= 0.3 is 0 Å². The van der Waals surface area contributed by atoms with E-state index in [1.54, 1.807) is 7.11 Å². The molecule has 0 fully saturated rings. The van der Waals surface area contributed by atoms with Gasteiger partial charge in [-0.3, -0.25) is 4.79 Å². The van der Waals surface area contributed by atoms with Crippen LogP contribution >= 0.6 is 0 Å². The molecule has 3 aromatic rings. The van der Waals surface area contributed by atoms with Gasteiger partial charge in [-0.25, -0.2) is 0 Å². The van der Waals surface area contributed by atoms with E-state index < -0.39 is 5.92 Å². The van der Waals surface area contributed by atoms with Gasteiger partial charge < -0.3 is 13.9 Å². The normalized spacial score (nSPS) is 14.5. The Kier molecular flexibility index (Phi) is 5.40. The SMILES string of the molecule is COc1cccc(-n2c(C)cc(C(=O)[C@@H](C#N)c3nnc4n3CCCCC4)c2C)c1. The fourth-order valence-corrected chi connectivity index (χ4v) is 4.27. The fraction of sp³-hybridized carbons (Fsp3) is 0.391. The number of carbonyl (C=O) groups is 1. The van der Waals surface area contributed by atoms with Crippen molar-refractivity contribution in [3.63, 3.8) is 0 Å². The van der Waals surface area contributed by atoms with Gasteiger partial charge in [-0.15, -0.1) is 10.2 Å². The number of hydrogen-bond donors (Lipinski definition) is 0. The van der Waals surface area contributed by atoms with Crippen LogP contribution in [-0.2, 0) is 13.0 Å². The molecule has 1 aliphatic heterocycles. The lowest BCUT2D eigenvalue weighted by molar-refractivity contribution is 0.0974. The molecule has 154 valence electrons. The zero-order valence-electron chi connectivity index (χ0n) is 17.6. The molecule has 1 aromatic carbocycles. The van der Waals surface area contributed by atoms with Crippen molar-refractivity contribution in [3.05, 3.63) is 58.9 Å². The van der Waals surface area contributed by atoms with Gasteiger partial charge in [0.05, 0.1) is 13.2 Å². The Bertz CT molecular complexity index is 1140. The molecule has 1 aliphatic rings. The van der Waals surface area contributed by atoms with E-state index in [-0.39, 0.29) is 5.78 Å². The molecule has 0 saturated heterocycles. The second kappa shape index (κ2) is 8.15. The number of nitriles is 1. The van der Waals surface area contributed by atoms with E-state index in [4.69, 9.17) is 4.74 Å². The maximum atomic E-state index is 13.4. The van der Waals surface area contributed by atoms with Gasteiger partial charge in [0.2, 0.25) is 0 Å². The van der Waals surface area contributed by atoms with Crippen LogP contribution in [0.3, 0.4) is 0 Å². The minimum absolute atomic E-state index is 0.237. The number of fused-ring (bicyclic) bond motifs is 1. The molecular formula is C23H25N5O2. The third-order valence-electron chi connectivity index (χ3n) is 5.80. The Morgan fingerprint density at radius 1 is 1.20 bits per heavy atom. The maximum absolute atomic E-state index is 13.4. The monoisotopic (exact) mass is 403 g/mol. The van der Waals surface area contributed by atoms with Crippen LogP contribution in [0.25, 0.3) is 5.69 Å². The van der Waals surface area contributed by atoms with Crippen LogP contribution in [0.1, 0.15) is 58.6 Å². The highest BCUT2D eigenvalue weighted by molar-refractivity contribution is 6.03. The lowest BCUT2D eigenvalue weighted by Gasteiger charge is -2.13. The number of methoxy groups -OCH3 is 1. The lowest BCUT2D eigenvalue weighted by atomic mass is 9.98. The first-order valence-corrected chi connectivity index (χ1v) is 10.2. The standard InChI is InChI=1S/C23H25N5O2/c1-15-12-19(16(2)28(15)17-8-7-9-18(13-17)30-3)22(29)20(14-24)23-26-25-21-10-5-4-6-11-27(21)23/h7-9,12-13,20H,4-6,10-11H2,1-3H3/t20-/m1/s1. The summed E-state index contributed by atoms with van der Waals surface area (Å²) in [7, 11) is 1.63. The smallest absolute Gasteiger partial charge is 0.189 e. The molecule has 0 spiro atoms. The molecule has 7 heteroatoms. The molecule has 7 nitrogen and oxygen atoms in total. The topological polar surface area (TPSA) is 85.7 Å². The molecule has 0 radical (unpaired) electrons. The van der Waals surface area contributed by atoms with Crippen LogP contribution < -0.4 is 4.74 Å². The number of ketones is 1. The Labute approximate surface area is 175 Å². The lowest BCUT2D eigenvalue weighted by Crippen LogP contribution is -2.18. The Hall–Kier alpha value is -3.40. The number of carbonyl (C=O) groups excluding carboxylic acids is 1. The van der Waals surface area contributed by atoms with Crippen LogP contribution in [0.2, 0.25) is 0 Å². The number of aryl methyl sites for hydroxylation is 2. The number of Topliss-reactive ketones (excluding diaryl/α,β-unsaturated/α-hetero) is 1. The summed E-state index contributed by atoms with van der Waals surface area (Å²) in [6.45, 7) is 4.61. The number of aromatic nitrogens is 4. The van der Waals surface area contributed by atoms with E-state index in [0.717, 1.165) is 60.9 Å². The highest BCUT2D eigenvalue weighted by Crippen LogP contribution is 2.28. The Balaban J connectivity index is 1.73. The van der Waals surface area contributed by atoms with Crippen molar-refractivity contribution in [1.82, 2.24) is 19.3 Å². The van der Waals surface area contributed by atoms with Crippen LogP contribution in [0.4, 0.5) is 0 Å². The van der Waals surface area contributed by atoms with E-state index in [1.807, 2.05) is 53.3 Å². The number of nitrogens with zero attached hydrogens (tertiary/aromatic N) is 5. The molecule has 0 unspecified atom stereocenters. The molecule has 2 aromatic heterocycles. The van der Waals surface area contributed by atoms with Crippen LogP contribution in [-0.4, -0.2) is 32.2 Å². The summed E-state index contributed by atoms with van der Waals surface area (Å²) in [5.74, 6) is 0.875. The van der Waals surface area contributed by atoms with Gasteiger partial charge in [-0.05, 0) is 44.9 Å². The summed E-state index contributed by atoms with van der Waals surface area (Å²) in [6.07, 6.45) is 4.03. The van der Waals surface area contributed by atoms with Crippen molar-refractivity contribution in [2.24, 2.45) is 0 Å². The first-order chi connectivity index (χ1) is 14.5. The highest BCUT2D eigenvalue weighted by atomic mass is 16.5. The first-order valence-electron chi connectivity index (χ1n) is 10.2. The minimum atomic E-state index is -0.969. The Morgan fingerprint density at radius 2 is 2.03 bits per heavy atom. The molecule has 0 N–H and O–H groups in total. The van der Waals surface area contributed by atoms with Gasteiger partial charge in [-0.2, -0.15) is 5.26 Å². The summed E-state index contributed by atoms with van der Waals surface area (Å²) < 4.78 is 9.32. The number of benzene rings is 1. The second-order valence-corrected chi connectivity index (χ2v) is 7.68. The molecule has 3 heterocycles. The largest absolute Gasteiger partial charge is 0.497 e. The molecule has 0 amide bonds. The van der Waals surface area contributed by atoms with Gasteiger partial charge in [-0.1, -0.05) is 12.5 Å². The van der Waals surface area contributed by atoms with Crippen molar-refractivity contribution in [2.75, 3.05) is 7.11 Å². The van der Waals surface area contributed by atoms with E-state index in [2.05, 4.69) is 16.3 Å². The molecule has 0 aliphatic carbocycles. The second-order valence-electron chi connectivity index (χ2n) is 7.68. The molecule has 0 bridgehead atoms. The van der Waals surface area contributed by atoms with Crippen LogP contribution in [0, 0.1) is 25.2 Å². The molecule has 0 saturated carbocycles. The summed E-state index contributed by atoms with van der Waals surface area (Å²) in [4.78, 5) is 13.4. The number of rotatable bonds is 5. The average molecular weight is 403 g/mol. The van der Waals surface area contributed by atoms with Crippen LogP contribution in [0.5, 0.6) is 5.75 Å². The van der Waals surface area contributed by atoms with Crippen molar-refractivity contribution < 1.29 is 9.53 Å². The number of ether oxygens (including phenoxy) is 1. The zero-order chi connectivity index (χ0) is 21.3. The van der Waals surface area contributed by atoms with Gasteiger partial charge in [0, 0.05) is 41.7 Å². The number of hydrogen-bond acceptors (Lipinski definition) is 5. The van der Waals surface area contributed by atoms with Gasteiger partial charge in [0.15, 0.2) is 17.5 Å². The third kappa shape index (κ3) is 3.39. The molecule has 4 rings (SSSR count). The summed E-state index contributed by atoms with van der Waals surface area (Å²) in [5.41, 5.74) is 3.16. The minimum Gasteiger partial charge on any atom is -0.497 e. The summed E-state index contributed by atoms with van der Waals surface area (Å²) in [5, 5.41) is 18.4. The quantitative estimate of drug-likeness (QED) is 0.603. The maximum Gasteiger partial charge on any atom is 0.189 e. The first kappa shape index (κ1) is 19.9. The van der Waals surface area contributed by atoms with E-state index in [1.165, 1.54) is 0 Å². The van der Waals surface area contributed by atoms with Crippen molar-refractivity contribution in [3.8, 4) is 17.5 Å². The third-order valence-corrected chi connectivity index (χ3v) is 5.80. The predicted octanol–water partition coefficient (Wildman–Crippen LogP) is 3.91. The van der Waals surface area contributed by atoms with Gasteiger partial charge in [0.1, 0.15) is 11.6 Å². The van der Waals surface area contributed by atoms with E-state index >= 15 is 0 Å². The van der Waals surface area contributed by atoms with Crippen LogP contribution in [0.15, 0.2) is 30.3 Å². The highest BCUT2D eigenvalue weighted by Gasteiger charge is 2.31. The summed E-state index contributed by atoms with van der Waals surface area (Å²) >= 11 is 0. The molecular weight excluding hydrogens is 378 g/mol. The van der Waals surface area contributed by atoms with E-state index in [9.17, 15) is 10.1 Å².